The molecule has 0 unspecified atom stereocenters. The highest BCUT2D eigenvalue weighted by Crippen LogP contribution is 2.38. The van der Waals surface area contributed by atoms with Crippen LogP contribution < -0.4 is 14.8 Å². The zero-order chi connectivity index (χ0) is 32.7. The van der Waals surface area contributed by atoms with E-state index in [9.17, 15) is 13.6 Å². The molecule has 1 amide bonds. The maximum absolute atomic E-state index is 13.8. The zero-order valence-corrected chi connectivity index (χ0v) is 27.8. The average Bonchev–Trinajstić information content (AvgIpc) is 3.67. The lowest BCUT2D eigenvalue weighted by molar-refractivity contribution is 0.0204. The normalized spacial score (nSPS) is 15.4. The first-order valence-corrected chi connectivity index (χ1v) is 15.0. The summed E-state index contributed by atoms with van der Waals surface area (Å²) in [5.74, 6) is -0.157. The highest BCUT2D eigenvalue weighted by Gasteiger charge is 2.30. The molecule has 0 radical (unpaired) electrons. The number of aliphatic hydroxyl groups excluding tert-OH is 1. The summed E-state index contributed by atoms with van der Waals surface area (Å²) >= 11 is 0. The van der Waals surface area contributed by atoms with Crippen molar-refractivity contribution in [2.75, 3.05) is 47.5 Å². The number of ether oxygens (including phenoxy) is 3. The molecule has 0 saturated carbocycles. The molecule has 2 aromatic heterocycles. The Morgan fingerprint density at radius 2 is 1.28 bits per heavy atom. The van der Waals surface area contributed by atoms with Gasteiger partial charge in [0.15, 0.2) is 11.6 Å². The quantitative estimate of drug-likeness (QED) is 0.227. The van der Waals surface area contributed by atoms with Crippen LogP contribution in [0.5, 0.6) is 11.5 Å². The number of halogens is 3. The topological polar surface area (TPSA) is 132 Å². The Morgan fingerprint density at radius 3 is 1.68 bits per heavy atom. The molecular weight excluding hydrogens is 638 g/mol. The molecule has 262 valence electrons. The summed E-state index contributed by atoms with van der Waals surface area (Å²) in [5.41, 5.74) is 1.94. The van der Waals surface area contributed by atoms with Gasteiger partial charge in [-0.25, -0.2) is 13.6 Å². The van der Waals surface area contributed by atoms with Crippen molar-refractivity contribution in [3.8, 4) is 11.5 Å². The van der Waals surface area contributed by atoms with Gasteiger partial charge in [0.25, 0.3) is 0 Å². The first-order valence-electron chi connectivity index (χ1n) is 15.0. The number of carbonyl (C=O) groups is 1. The van der Waals surface area contributed by atoms with E-state index in [0.717, 1.165) is 68.0 Å². The number of methoxy groups -OCH3 is 2. The van der Waals surface area contributed by atoms with Crippen molar-refractivity contribution in [2.45, 2.75) is 71.3 Å². The lowest BCUT2D eigenvalue weighted by Gasteiger charge is -2.32. The fourth-order valence-corrected chi connectivity index (χ4v) is 5.68. The third kappa shape index (κ3) is 9.02. The van der Waals surface area contributed by atoms with E-state index in [1.807, 2.05) is 20.8 Å². The van der Waals surface area contributed by atoms with E-state index in [1.165, 1.54) is 26.4 Å². The van der Waals surface area contributed by atoms with E-state index in [0.29, 0.717) is 30.2 Å². The molecule has 2 aliphatic rings. The smallest absolute Gasteiger partial charge is 0.410 e. The van der Waals surface area contributed by atoms with Crippen LogP contribution in [0.15, 0.2) is 33.3 Å². The Morgan fingerprint density at radius 1 is 0.851 bits per heavy atom. The van der Waals surface area contributed by atoms with Gasteiger partial charge in [-0.2, -0.15) is 0 Å². The van der Waals surface area contributed by atoms with Crippen LogP contribution in [0.4, 0.5) is 13.6 Å². The monoisotopic (exact) mass is 684 g/mol. The molecule has 2 saturated heterocycles. The van der Waals surface area contributed by atoms with Gasteiger partial charge in [-0.1, -0.05) is 17.7 Å². The van der Waals surface area contributed by atoms with Gasteiger partial charge in [-0.3, -0.25) is 0 Å². The number of fused-ring (bicyclic) bond motifs is 2. The van der Waals surface area contributed by atoms with E-state index in [1.54, 1.807) is 17.0 Å². The van der Waals surface area contributed by atoms with Gasteiger partial charge in [0.1, 0.15) is 5.60 Å². The van der Waals surface area contributed by atoms with Gasteiger partial charge < -0.3 is 38.6 Å². The maximum atomic E-state index is 13.8. The molecule has 2 N–H and O–H groups in total. The number of piperidine rings is 2. The average molecular weight is 685 g/mol. The summed E-state index contributed by atoms with van der Waals surface area (Å²) in [6, 6.07) is 6.15. The van der Waals surface area contributed by atoms with Crippen molar-refractivity contribution in [2.24, 2.45) is 0 Å². The summed E-state index contributed by atoms with van der Waals surface area (Å²) in [7, 11) is 3.84. The van der Waals surface area contributed by atoms with Gasteiger partial charge in [0.05, 0.1) is 25.6 Å². The van der Waals surface area contributed by atoms with Crippen molar-refractivity contribution in [1.29, 1.82) is 0 Å². The molecule has 0 spiro atoms. The predicted molar refractivity (Wildman–Crippen MR) is 178 cm³/mol. The minimum atomic E-state index is -0.503. The number of aromatic nitrogens is 2. The van der Waals surface area contributed by atoms with Crippen LogP contribution in [0.1, 0.15) is 77.1 Å². The van der Waals surface area contributed by atoms with Gasteiger partial charge in [-0.15, -0.1) is 12.4 Å². The Balaban J connectivity index is 0.000000310. The minimum Gasteiger partial charge on any atom is -0.490 e. The molecule has 0 atom stereocenters. The summed E-state index contributed by atoms with van der Waals surface area (Å²) < 4.78 is 53.4. The number of hydrogen-bond acceptors (Lipinski definition) is 10. The fraction of sp³-hybridized carbons (Fsp3) is 0.545. The van der Waals surface area contributed by atoms with Crippen LogP contribution in [-0.2, 0) is 4.74 Å². The molecule has 6 rings (SSSR count). The second-order valence-electron chi connectivity index (χ2n) is 11.8. The van der Waals surface area contributed by atoms with Crippen LogP contribution in [-0.4, -0.2) is 79.5 Å². The third-order valence-electron chi connectivity index (χ3n) is 7.82. The highest BCUT2D eigenvalue weighted by atomic mass is 35.5. The lowest BCUT2D eigenvalue weighted by Crippen LogP contribution is -2.41. The number of amides is 1. The Bertz CT molecular complexity index is 1580. The molecule has 2 aromatic carbocycles. The van der Waals surface area contributed by atoms with Crippen molar-refractivity contribution >= 4 is 40.4 Å². The molecule has 0 aliphatic carbocycles. The van der Waals surface area contributed by atoms with Crippen molar-refractivity contribution in [3.05, 3.63) is 47.3 Å². The molecular formula is C33H47ClF2N4O7. The number of benzene rings is 2. The number of carbonyl (C=O) groups excluding carboxylic acids is 1. The number of hydrogen-bond donors (Lipinski definition) is 2. The van der Waals surface area contributed by atoms with Crippen LogP contribution in [0.25, 0.3) is 21.9 Å². The van der Waals surface area contributed by atoms with E-state index < -0.39 is 17.2 Å². The second-order valence-corrected chi connectivity index (χ2v) is 11.8. The SMILES string of the molecule is C.CO.COc1c(F)ccc2c(C3CCN(C(=O)OC(C)(C)C)CC3)noc12.COc1c(F)ccc2c(C3CCNCC3)noc12.Cl. The Kier molecular flexibility index (Phi) is 14.7. The van der Waals surface area contributed by atoms with Gasteiger partial charge in [0.2, 0.25) is 22.7 Å². The summed E-state index contributed by atoms with van der Waals surface area (Å²) in [6.07, 6.45) is 3.27. The summed E-state index contributed by atoms with van der Waals surface area (Å²) in [5, 5.41) is 20.2. The van der Waals surface area contributed by atoms with Crippen LogP contribution in [0, 0.1) is 11.6 Å². The molecule has 2 aliphatic heterocycles. The molecule has 2 fully saturated rings. The lowest BCUT2D eigenvalue weighted by atomic mass is 9.92. The molecule has 0 bridgehead atoms. The van der Waals surface area contributed by atoms with Crippen molar-refractivity contribution in [3.63, 3.8) is 0 Å². The second kappa shape index (κ2) is 17.5. The standard InChI is InChI=1S/C18H23FN2O4.C13H15FN2O2.CH4O.CH4.ClH/c1-18(2,3)24-17(22)21-9-7-11(8-10-21)14-12-5-6-13(19)16(23-4)15(12)25-20-14;1-17-13-10(14)3-2-9-11(16-18-12(9)13)8-4-6-15-7-5-8;1-2;;/h5-6,11H,7-10H2,1-4H3;2-3,8,15H,4-7H2,1H3;2H,1H3;1H4;1H. The zero-order valence-electron chi connectivity index (χ0n) is 27.0. The molecule has 14 heteroatoms. The molecule has 47 heavy (non-hydrogen) atoms. The molecule has 4 heterocycles. The fourth-order valence-electron chi connectivity index (χ4n) is 5.68. The van der Waals surface area contributed by atoms with Crippen LogP contribution >= 0.6 is 12.4 Å². The number of nitrogens with zero attached hydrogens (tertiary/aromatic N) is 3. The van der Waals surface area contributed by atoms with Crippen molar-refractivity contribution < 1.29 is 41.9 Å². The number of rotatable bonds is 4. The van der Waals surface area contributed by atoms with Crippen LogP contribution in [0.2, 0.25) is 0 Å². The van der Waals surface area contributed by atoms with Crippen molar-refractivity contribution in [1.82, 2.24) is 20.5 Å². The molecule has 4 aromatic rings. The van der Waals surface area contributed by atoms with Gasteiger partial charge in [-0.05, 0) is 83.8 Å². The number of likely N-dealkylation sites (tertiary alicyclic amines) is 1. The first kappa shape index (κ1) is 39.5. The Labute approximate surface area is 280 Å². The van der Waals surface area contributed by atoms with E-state index in [4.69, 9.17) is 28.4 Å². The van der Waals surface area contributed by atoms with E-state index in [-0.39, 0.29) is 43.3 Å². The van der Waals surface area contributed by atoms with Crippen LogP contribution in [0.3, 0.4) is 0 Å². The Hall–Kier alpha value is -3.68. The van der Waals surface area contributed by atoms with E-state index in [2.05, 4.69) is 15.6 Å². The number of nitrogens with one attached hydrogen (secondary N) is 1. The van der Waals surface area contributed by atoms with Gasteiger partial charge >= 0.3 is 6.09 Å². The van der Waals surface area contributed by atoms with E-state index >= 15 is 0 Å². The predicted octanol–water partition coefficient (Wildman–Crippen LogP) is 7.20. The summed E-state index contributed by atoms with van der Waals surface area (Å²) in [6.45, 7) is 8.70. The highest BCUT2D eigenvalue weighted by molar-refractivity contribution is 5.86. The third-order valence-corrected chi connectivity index (χ3v) is 7.82. The number of aliphatic hydroxyl groups is 1. The largest absolute Gasteiger partial charge is 0.490 e. The maximum Gasteiger partial charge on any atom is 0.410 e. The molecule has 11 nitrogen and oxygen atoms in total. The summed E-state index contributed by atoms with van der Waals surface area (Å²) in [4.78, 5) is 13.9. The first-order chi connectivity index (χ1) is 21.6. The van der Waals surface area contributed by atoms with Gasteiger partial charge in [0, 0.05) is 42.8 Å². The minimum absolute atomic E-state index is 0.